The smallest absolute Gasteiger partial charge is 0.192 e. The van der Waals surface area contributed by atoms with E-state index in [1.807, 2.05) is 25.1 Å². The fourth-order valence-electron chi connectivity index (χ4n) is 4.41. The number of fused-ring (bicyclic) bond motifs is 1. The first-order valence-corrected chi connectivity index (χ1v) is 10.4. The lowest BCUT2D eigenvalue weighted by molar-refractivity contribution is 0.0396. The molecule has 2 aliphatic rings. The maximum Gasteiger partial charge on any atom is 0.192 e. The first kappa shape index (κ1) is 21.9. The van der Waals surface area contributed by atoms with Gasteiger partial charge in [0.1, 0.15) is 11.4 Å². The minimum absolute atomic E-state index is 0. The Labute approximate surface area is 190 Å². The minimum atomic E-state index is -0.0263. The SMILES string of the molecule is CCNC(=NCc1cccc(C)n1)NC1CC2(CCCC2)Oc2ccccc21.I. The van der Waals surface area contributed by atoms with E-state index in [2.05, 4.69) is 46.8 Å². The number of rotatable bonds is 4. The molecule has 1 unspecified atom stereocenters. The number of aliphatic imine (C=N–C) groups is 1. The largest absolute Gasteiger partial charge is 0.487 e. The van der Waals surface area contributed by atoms with E-state index in [9.17, 15) is 0 Å². The highest BCUT2D eigenvalue weighted by Crippen LogP contribution is 2.46. The molecule has 4 rings (SSSR count). The molecule has 2 N–H and O–H groups in total. The van der Waals surface area contributed by atoms with Crippen molar-refractivity contribution in [3.63, 3.8) is 0 Å². The average molecular weight is 506 g/mol. The lowest BCUT2D eigenvalue weighted by atomic mass is 9.86. The topological polar surface area (TPSA) is 58.5 Å². The van der Waals surface area contributed by atoms with Crippen molar-refractivity contribution in [1.29, 1.82) is 0 Å². The summed E-state index contributed by atoms with van der Waals surface area (Å²) in [5.74, 6) is 1.85. The van der Waals surface area contributed by atoms with E-state index in [0.717, 1.165) is 48.9 Å². The van der Waals surface area contributed by atoms with Gasteiger partial charge in [0.15, 0.2) is 5.96 Å². The van der Waals surface area contributed by atoms with Crippen molar-refractivity contribution in [1.82, 2.24) is 15.6 Å². The Morgan fingerprint density at radius 2 is 1.97 bits per heavy atom. The zero-order chi connectivity index (χ0) is 19.4. The number of aromatic nitrogens is 1. The molecule has 1 aliphatic heterocycles. The van der Waals surface area contributed by atoms with Crippen LogP contribution in [-0.4, -0.2) is 23.1 Å². The molecule has 5 nitrogen and oxygen atoms in total. The van der Waals surface area contributed by atoms with Crippen molar-refractivity contribution in [2.45, 2.75) is 64.1 Å². The van der Waals surface area contributed by atoms with Crippen molar-refractivity contribution in [2.75, 3.05) is 6.54 Å². The predicted octanol–water partition coefficient (Wildman–Crippen LogP) is 4.90. The first-order valence-electron chi connectivity index (χ1n) is 10.4. The second-order valence-corrected chi connectivity index (χ2v) is 7.90. The molecule has 1 aliphatic carbocycles. The van der Waals surface area contributed by atoms with Gasteiger partial charge in [0.2, 0.25) is 0 Å². The summed E-state index contributed by atoms with van der Waals surface area (Å²) < 4.78 is 6.48. The maximum atomic E-state index is 6.48. The van der Waals surface area contributed by atoms with Crippen molar-refractivity contribution >= 4 is 29.9 Å². The van der Waals surface area contributed by atoms with Gasteiger partial charge in [-0.05, 0) is 57.7 Å². The normalized spacial score (nSPS) is 19.8. The second-order valence-electron chi connectivity index (χ2n) is 7.90. The number of guanidine groups is 1. The molecule has 1 atom stereocenters. The van der Waals surface area contributed by atoms with Crippen LogP contribution in [0.4, 0.5) is 0 Å². The zero-order valence-corrected chi connectivity index (χ0v) is 19.6. The summed E-state index contributed by atoms with van der Waals surface area (Å²) >= 11 is 0. The quantitative estimate of drug-likeness (QED) is 0.352. The van der Waals surface area contributed by atoms with Gasteiger partial charge in [-0.25, -0.2) is 4.99 Å². The van der Waals surface area contributed by atoms with Crippen LogP contribution in [0, 0.1) is 6.92 Å². The molecule has 0 saturated heterocycles. The molecular formula is C23H31IN4O. The van der Waals surface area contributed by atoms with Crippen LogP contribution in [0.5, 0.6) is 5.75 Å². The number of para-hydroxylation sites is 1. The number of nitrogens with one attached hydrogen (secondary N) is 2. The number of pyridine rings is 1. The standard InChI is InChI=1S/C23H30N4O.HI/c1-3-24-22(25-16-18-10-8-9-17(2)26-18)27-20-15-23(13-6-7-14-23)28-21-12-5-4-11-19(20)21;/h4-5,8-12,20H,3,6-7,13-16H2,1-2H3,(H2,24,25,27);1H. The van der Waals surface area contributed by atoms with Crippen LogP contribution >= 0.6 is 24.0 Å². The fourth-order valence-corrected chi connectivity index (χ4v) is 4.41. The van der Waals surface area contributed by atoms with Crippen LogP contribution in [-0.2, 0) is 6.54 Å². The summed E-state index contributed by atoms with van der Waals surface area (Å²) in [5.41, 5.74) is 3.20. The summed E-state index contributed by atoms with van der Waals surface area (Å²) in [6.45, 7) is 5.49. The number of benzene rings is 1. The Morgan fingerprint density at radius 3 is 2.72 bits per heavy atom. The van der Waals surface area contributed by atoms with E-state index in [0.29, 0.717) is 6.54 Å². The van der Waals surface area contributed by atoms with E-state index in [1.54, 1.807) is 0 Å². The summed E-state index contributed by atoms with van der Waals surface area (Å²) in [6, 6.07) is 14.7. The minimum Gasteiger partial charge on any atom is -0.487 e. The summed E-state index contributed by atoms with van der Waals surface area (Å²) in [4.78, 5) is 9.36. The lowest BCUT2D eigenvalue weighted by Crippen LogP contribution is -2.46. The Morgan fingerprint density at radius 1 is 1.17 bits per heavy atom. The molecule has 0 radical (unpaired) electrons. The average Bonchev–Trinajstić information content (AvgIpc) is 3.13. The molecule has 156 valence electrons. The van der Waals surface area contributed by atoms with Gasteiger partial charge < -0.3 is 15.4 Å². The van der Waals surface area contributed by atoms with Crippen LogP contribution in [0.15, 0.2) is 47.5 Å². The number of ether oxygens (including phenoxy) is 1. The van der Waals surface area contributed by atoms with Gasteiger partial charge in [0, 0.05) is 24.2 Å². The molecule has 2 aromatic rings. The van der Waals surface area contributed by atoms with E-state index in [-0.39, 0.29) is 35.6 Å². The van der Waals surface area contributed by atoms with Crippen molar-refractivity contribution in [3.8, 4) is 5.75 Å². The summed E-state index contributed by atoms with van der Waals surface area (Å²) in [7, 11) is 0. The molecule has 1 aromatic heterocycles. The van der Waals surface area contributed by atoms with E-state index in [1.165, 1.54) is 18.4 Å². The van der Waals surface area contributed by atoms with Crippen LogP contribution in [0.25, 0.3) is 0 Å². The molecule has 0 bridgehead atoms. The summed E-state index contributed by atoms with van der Waals surface area (Å²) in [5, 5.41) is 7.08. The van der Waals surface area contributed by atoms with Crippen molar-refractivity contribution < 1.29 is 4.74 Å². The third kappa shape index (κ3) is 5.21. The van der Waals surface area contributed by atoms with Crippen LogP contribution in [0.1, 0.15) is 62.0 Å². The Kier molecular flexibility index (Phi) is 7.38. The fraction of sp³-hybridized carbons (Fsp3) is 0.478. The number of nitrogens with zero attached hydrogens (tertiary/aromatic N) is 2. The van der Waals surface area contributed by atoms with Gasteiger partial charge in [-0.1, -0.05) is 24.3 Å². The van der Waals surface area contributed by atoms with Crippen molar-refractivity contribution in [2.24, 2.45) is 4.99 Å². The monoisotopic (exact) mass is 506 g/mol. The van der Waals surface area contributed by atoms with Crippen LogP contribution in [0.2, 0.25) is 0 Å². The predicted molar refractivity (Wildman–Crippen MR) is 128 cm³/mol. The maximum absolute atomic E-state index is 6.48. The third-order valence-corrected chi connectivity index (χ3v) is 5.71. The number of halogens is 1. The summed E-state index contributed by atoms with van der Waals surface area (Å²) in [6.07, 6.45) is 5.77. The molecule has 0 amide bonds. The Balaban J connectivity index is 0.00000240. The molecule has 1 spiro atoms. The molecule has 29 heavy (non-hydrogen) atoms. The van der Waals surface area contributed by atoms with Crippen LogP contribution in [0.3, 0.4) is 0 Å². The molecular weight excluding hydrogens is 475 g/mol. The molecule has 1 saturated carbocycles. The number of hydrogen-bond acceptors (Lipinski definition) is 3. The van der Waals surface area contributed by atoms with Crippen LogP contribution < -0.4 is 15.4 Å². The highest BCUT2D eigenvalue weighted by molar-refractivity contribution is 14.0. The highest BCUT2D eigenvalue weighted by atomic mass is 127. The van der Waals surface area contributed by atoms with E-state index in [4.69, 9.17) is 9.73 Å². The first-order chi connectivity index (χ1) is 13.7. The zero-order valence-electron chi connectivity index (χ0n) is 17.3. The lowest BCUT2D eigenvalue weighted by Gasteiger charge is -2.40. The van der Waals surface area contributed by atoms with Gasteiger partial charge in [-0.15, -0.1) is 24.0 Å². The van der Waals surface area contributed by atoms with Gasteiger partial charge in [-0.3, -0.25) is 4.98 Å². The highest BCUT2D eigenvalue weighted by Gasteiger charge is 2.43. The third-order valence-electron chi connectivity index (χ3n) is 5.71. The van der Waals surface area contributed by atoms with E-state index >= 15 is 0 Å². The van der Waals surface area contributed by atoms with Crippen molar-refractivity contribution in [3.05, 3.63) is 59.4 Å². The molecule has 6 heteroatoms. The van der Waals surface area contributed by atoms with Gasteiger partial charge in [0.25, 0.3) is 0 Å². The van der Waals surface area contributed by atoms with Gasteiger partial charge >= 0.3 is 0 Å². The molecule has 1 aromatic carbocycles. The Hall–Kier alpha value is -1.83. The Bertz CT molecular complexity index is 848. The molecule has 1 fully saturated rings. The second kappa shape index (κ2) is 9.78. The van der Waals surface area contributed by atoms with Gasteiger partial charge in [0.05, 0.1) is 18.3 Å². The number of aryl methyl sites for hydroxylation is 1. The van der Waals surface area contributed by atoms with E-state index < -0.39 is 0 Å². The molecule has 2 heterocycles. The number of hydrogen-bond donors (Lipinski definition) is 2. The van der Waals surface area contributed by atoms with Gasteiger partial charge in [-0.2, -0.15) is 0 Å².